The van der Waals surface area contributed by atoms with Crippen LogP contribution < -0.4 is 4.74 Å². The van der Waals surface area contributed by atoms with Gasteiger partial charge in [0.05, 0.1) is 30.2 Å². The molecule has 0 aliphatic heterocycles. The molecule has 27 heavy (non-hydrogen) atoms. The molecule has 144 valence electrons. The number of rotatable bonds is 6. The van der Waals surface area contributed by atoms with Gasteiger partial charge in [0, 0.05) is 13.1 Å². The van der Waals surface area contributed by atoms with E-state index in [-0.39, 0.29) is 6.54 Å². The summed E-state index contributed by atoms with van der Waals surface area (Å²) in [5.41, 5.74) is -1.95. The Bertz CT molecular complexity index is 874. The quantitative estimate of drug-likeness (QED) is 0.470. The Morgan fingerprint density at radius 1 is 1.22 bits per heavy atom. The molecular weight excluding hydrogens is 369 g/mol. The highest BCUT2D eigenvalue weighted by molar-refractivity contribution is 5.95. The van der Waals surface area contributed by atoms with E-state index in [0.717, 1.165) is 4.90 Å². The first-order chi connectivity index (χ1) is 12.7. The van der Waals surface area contributed by atoms with Crippen molar-refractivity contribution in [3.8, 4) is 5.75 Å². The van der Waals surface area contributed by atoms with E-state index in [0.29, 0.717) is 17.4 Å². The van der Waals surface area contributed by atoms with Gasteiger partial charge in [-0.15, -0.1) is 0 Å². The lowest BCUT2D eigenvalue weighted by Crippen LogP contribution is -2.32. The number of benzene rings is 2. The molecule has 0 heterocycles. The number of carbonyl (C=O) groups excluding carboxylic acids is 1. The van der Waals surface area contributed by atoms with Crippen molar-refractivity contribution in [1.29, 1.82) is 0 Å². The minimum Gasteiger partial charge on any atom is -0.497 e. The number of nitro benzene ring substituents is 1. The van der Waals surface area contributed by atoms with Crippen molar-refractivity contribution >= 4 is 11.6 Å². The van der Waals surface area contributed by atoms with Crippen molar-refractivity contribution in [2.45, 2.75) is 6.10 Å². The predicted molar refractivity (Wildman–Crippen MR) is 87.9 cm³/mol. The molecule has 2 rings (SSSR count). The van der Waals surface area contributed by atoms with Crippen LogP contribution in [0.3, 0.4) is 0 Å². The second-order valence-electron chi connectivity index (χ2n) is 5.62. The first-order valence-electron chi connectivity index (χ1n) is 7.56. The lowest BCUT2D eigenvalue weighted by Gasteiger charge is -2.21. The van der Waals surface area contributed by atoms with E-state index in [9.17, 15) is 33.2 Å². The van der Waals surface area contributed by atoms with Gasteiger partial charge in [0.25, 0.3) is 5.91 Å². The molecule has 1 atom stereocenters. The van der Waals surface area contributed by atoms with Crippen LogP contribution in [-0.2, 0) is 0 Å². The van der Waals surface area contributed by atoms with Crippen LogP contribution >= 0.6 is 0 Å². The maximum absolute atomic E-state index is 13.9. The van der Waals surface area contributed by atoms with Crippen LogP contribution in [0.4, 0.5) is 18.9 Å². The lowest BCUT2D eigenvalue weighted by atomic mass is 10.1. The molecule has 0 bridgehead atoms. The molecule has 10 heteroatoms. The highest BCUT2D eigenvalue weighted by Crippen LogP contribution is 2.26. The molecule has 2 aromatic rings. The Kier molecular flexibility index (Phi) is 6.01. The van der Waals surface area contributed by atoms with E-state index in [4.69, 9.17) is 4.74 Å². The number of amides is 1. The SMILES string of the molecule is COc1ccc(C(O)CN(C)C(=O)c2cc([N+](=O)[O-])c(F)c(F)c2F)cc1. The molecule has 2 aromatic carbocycles. The molecule has 0 aromatic heterocycles. The molecule has 0 saturated heterocycles. The van der Waals surface area contributed by atoms with Crippen molar-refractivity contribution in [2.24, 2.45) is 0 Å². The second kappa shape index (κ2) is 8.04. The lowest BCUT2D eigenvalue weighted by molar-refractivity contribution is -0.387. The van der Waals surface area contributed by atoms with E-state index >= 15 is 0 Å². The maximum atomic E-state index is 13.9. The number of nitro groups is 1. The fourth-order valence-corrected chi connectivity index (χ4v) is 2.36. The molecule has 0 saturated carbocycles. The van der Waals surface area contributed by atoms with Crippen LogP contribution in [0.25, 0.3) is 0 Å². The van der Waals surface area contributed by atoms with Crippen molar-refractivity contribution < 1.29 is 32.7 Å². The van der Waals surface area contributed by atoms with Crippen LogP contribution in [0, 0.1) is 27.6 Å². The number of aliphatic hydroxyl groups excluding tert-OH is 1. The number of methoxy groups -OCH3 is 1. The maximum Gasteiger partial charge on any atom is 0.308 e. The average molecular weight is 384 g/mol. The predicted octanol–water partition coefficient (Wildman–Crippen LogP) is 2.83. The van der Waals surface area contributed by atoms with Gasteiger partial charge in [0.2, 0.25) is 11.6 Å². The first kappa shape index (κ1) is 20.2. The highest BCUT2D eigenvalue weighted by Gasteiger charge is 2.30. The van der Waals surface area contributed by atoms with Crippen LogP contribution in [0.5, 0.6) is 5.75 Å². The molecule has 0 fully saturated rings. The van der Waals surface area contributed by atoms with E-state index in [2.05, 4.69) is 0 Å². The zero-order valence-corrected chi connectivity index (χ0v) is 14.3. The number of nitrogens with zero attached hydrogens (tertiary/aromatic N) is 2. The number of hydrogen-bond acceptors (Lipinski definition) is 5. The second-order valence-corrected chi connectivity index (χ2v) is 5.62. The number of halogens is 3. The highest BCUT2D eigenvalue weighted by atomic mass is 19.2. The van der Waals surface area contributed by atoms with Gasteiger partial charge in [-0.3, -0.25) is 14.9 Å². The summed E-state index contributed by atoms with van der Waals surface area (Å²) in [4.78, 5) is 22.6. The van der Waals surface area contributed by atoms with Crippen LogP contribution in [0.15, 0.2) is 30.3 Å². The Labute approximate surface area is 151 Å². The number of ether oxygens (including phenoxy) is 1. The summed E-state index contributed by atoms with van der Waals surface area (Å²) in [6.07, 6.45) is -1.17. The summed E-state index contributed by atoms with van der Waals surface area (Å²) in [7, 11) is 2.65. The fraction of sp³-hybridized carbons (Fsp3) is 0.235. The summed E-state index contributed by atoms with van der Waals surface area (Å²) in [6, 6.07) is 6.58. The third-order valence-electron chi connectivity index (χ3n) is 3.85. The molecular formula is C17H15F3N2O5. The number of likely N-dealkylation sites (N-methyl/N-ethyl adjacent to an activating group) is 1. The Hall–Kier alpha value is -3.14. The van der Waals surface area contributed by atoms with Crippen molar-refractivity contribution in [2.75, 3.05) is 20.7 Å². The Morgan fingerprint density at radius 3 is 2.33 bits per heavy atom. The standard InChI is InChI=1S/C17H15F3N2O5/c1-21(8-13(23)9-3-5-10(27-2)6-4-9)17(24)11-7-12(22(25)26)15(19)16(20)14(11)18/h3-7,13,23H,8H2,1-2H3. The van der Waals surface area contributed by atoms with Crippen molar-refractivity contribution in [3.05, 3.63) is 69.0 Å². The fourth-order valence-electron chi connectivity index (χ4n) is 2.36. The Morgan fingerprint density at radius 2 is 1.81 bits per heavy atom. The van der Waals surface area contributed by atoms with Crippen LogP contribution in [0.2, 0.25) is 0 Å². The molecule has 0 radical (unpaired) electrons. The average Bonchev–Trinajstić information content (AvgIpc) is 2.65. The van der Waals surface area contributed by atoms with Crippen LogP contribution in [-0.4, -0.2) is 41.5 Å². The molecule has 1 N–H and O–H groups in total. The minimum atomic E-state index is -2.11. The zero-order valence-electron chi connectivity index (χ0n) is 14.3. The minimum absolute atomic E-state index is 0.322. The molecule has 0 spiro atoms. The summed E-state index contributed by atoms with van der Waals surface area (Å²) in [6.45, 7) is -0.322. The van der Waals surface area contributed by atoms with Crippen LogP contribution in [0.1, 0.15) is 22.0 Å². The van der Waals surface area contributed by atoms with E-state index in [1.54, 1.807) is 24.3 Å². The van der Waals surface area contributed by atoms with Gasteiger partial charge in [0.1, 0.15) is 5.75 Å². The number of aliphatic hydroxyl groups is 1. The van der Waals surface area contributed by atoms with Gasteiger partial charge < -0.3 is 14.7 Å². The third-order valence-corrected chi connectivity index (χ3v) is 3.85. The van der Waals surface area contributed by atoms with E-state index in [1.165, 1.54) is 14.2 Å². The first-order valence-corrected chi connectivity index (χ1v) is 7.56. The monoisotopic (exact) mass is 384 g/mol. The number of hydrogen-bond donors (Lipinski definition) is 1. The normalized spacial score (nSPS) is 11.8. The van der Waals surface area contributed by atoms with Gasteiger partial charge in [-0.2, -0.15) is 4.39 Å². The van der Waals surface area contributed by atoms with Crippen molar-refractivity contribution in [3.63, 3.8) is 0 Å². The van der Waals surface area contributed by atoms with E-state index in [1.807, 2.05) is 0 Å². The molecule has 7 nitrogen and oxygen atoms in total. The Balaban J connectivity index is 2.25. The van der Waals surface area contributed by atoms with Gasteiger partial charge in [-0.05, 0) is 17.7 Å². The van der Waals surface area contributed by atoms with Gasteiger partial charge >= 0.3 is 5.69 Å². The molecule has 0 aliphatic rings. The van der Waals surface area contributed by atoms with Gasteiger partial charge in [-0.25, -0.2) is 8.78 Å². The molecule has 1 amide bonds. The zero-order chi connectivity index (χ0) is 20.3. The topological polar surface area (TPSA) is 92.9 Å². The molecule has 0 aliphatic carbocycles. The summed E-state index contributed by atoms with van der Waals surface area (Å²) >= 11 is 0. The van der Waals surface area contributed by atoms with Crippen molar-refractivity contribution in [1.82, 2.24) is 4.90 Å². The van der Waals surface area contributed by atoms with Gasteiger partial charge in [0.15, 0.2) is 5.82 Å². The van der Waals surface area contributed by atoms with Gasteiger partial charge in [-0.1, -0.05) is 12.1 Å². The summed E-state index contributed by atoms with van der Waals surface area (Å²) in [5.74, 6) is -6.55. The molecule has 1 unspecified atom stereocenters. The summed E-state index contributed by atoms with van der Waals surface area (Å²) < 4.78 is 45.8. The largest absolute Gasteiger partial charge is 0.497 e. The van der Waals surface area contributed by atoms with E-state index < -0.39 is 45.6 Å². The smallest absolute Gasteiger partial charge is 0.308 e. The number of carbonyl (C=O) groups is 1. The summed E-state index contributed by atoms with van der Waals surface area (Å²) in [5, 5.41) is 20.9. The third kappa shape index (κ3) is 4.17.